The molecule has 1 aliphatic rings. The maximum absolute atomic E-state index is 10.5. The van der Waals surface area contributed by atoms with E-state index in [1.807, 2.05) is 0 Å². The largest absolute Gasteiger partial charge is 0.481 e. The molecule has 2 heterocycles. The minimum atomic E-state index is -0.925. The lowest BCUT2D eigenvalue weighted by atomic mass is 9.87. The van der Waals surface area contributed by atoms with Crippen LogP contribution in [0.3, 0.4) is 0 Å². The summed E-state index contributed by atoms with van der Waals surface area (Å²) in [5.74, 6) is 0.458. The van der Waals surface area contributed by atoms with Crippen LogP contribution in [0.2, 0.25) is 5.02 Å². The van der Waals surface area contributed by atoms with Crippen molar-refractivity contribution in [3.63, 3.8) is 0 Å². The molecule has 0 spiro atoms. The van der Waals surface area contributed by atoms with Crippen LogP contribution in [0.25, 0.3) is 0 Å². The van der Waals surface area contributed by atoms with Gasteiger partial charge in [0.25, 0.3) is 0 Å². The fourth-order valence-corrected chi connectivity index (χ4v) is 2.15. The number of aromatic nitrogens is 1. The van der Waals surface area contributed by atoms with Crippen LogP contribution in [-0.4, -0.2) is 30.4 Å². The van der Waals surface area contributed by atoms with Crippen molar-refractivity contribution < 1.29 is 14.6 Å². The van der Waals surface area contributed by atoms with E-state index in [1.54, 1.807) is 6.07 Å². The summed E-state index contributed by atoms with van der Waals surface area (Å²) in [4.78, 5) is 3.99. The molecule has 1 saturated heterocycles. The highest BCUT2D eigenvalue weighted by molar-refractivity contribution is 6.31. The summed E-state index contributed by atoms with van der Waals surface area (Å²) in [6, 6.07) is 1.69. The molecule has 5 heteroatoms. The molecule has 2 rings (SSSR count). The van der Waals surface area contributed by atoms with Gasteiger partial charge in [-0.1, -0.05) is 11.6 Å². The third-order valence-electron chi connectivity index (χ3n) is 2.86. The zero-order valence-electron chi connectivity index (χ0n) is 9.07. The van der Waals surface area contributed by atoms with E-state index in [0.29, 0.717) is 42.5 Å². The molecular weight excluding hydrogens is 230 g/mol. The number of rotatable bonds is 2. The Morgan fingerprint density at radius 3 is 2.81 bits per heavy atom. The summed E-state index contributed by atoms with van der Waals surface area (Å²) in [5, 5.41) is 11.0. The highest BCUT2D eigenvalue weighted by Crippen LogP contribution is 2.37. The number of aliphatic hydroxyl groups is 1. The summed E-state index contributed by atoms with van der Waals surface area (Å²) < 4.78 is 10.3. The Bertz CT molecular complexity index is 377. The van der Waals surface area contributed by atoms with E-state index >= 15 is 0 Å². The van der Waals surface area contributed by atoms with Crippen molar-refractivity contribution in [2.24, 2.45) is 0 Å². The van der Waals surface area contributed by atoms with Gasteiger partial charge >= 0.3 is 0 Å². The van der Waals surface area contributed by atoms with Crippen LogP contribution in [0.4, 0.5) is 0 Å². The molecule has 1 aromatic rings. The Hall–Kier alpha value is -0.840. The second kappa shape index (κ2) is 4.57. The number of hydrogen-bond acceptors (Lipinski definition) is 4. The van der Waals surface area contributed by atoms with E-state index < -0.39 is 5.60 Å². The second-order valence-corrected chi connectivity index (χ2v) is 4.26. The first kappa shape index (κ1) is 11.6. The average Bonchev–Trinajstić information content (AvgIpc) is 2.30. The standard InChI is InChI=1S/C11H14ClNO3/c1-15-10-6-8(9(12)7-13-10)11(14)2-4-16-5-3-11/h6-7,14H,2-5H2,1H3. The summed E-state index contributed by atoms with van der Waals surface area (Å²) in [6.07, 6.45) is 2.59. The maximum Gasteiger partial charge on any atom is 0.213 e. The van der Waals surface area contributed by atoms with Crippen molar-refractivity contribution in [1.29, 1.82) is 0 Å². The number of ether oxygens (including phenoxy) is 2. The zero-order valence-corrected chi connectivity index (χ0v) is 9.83. The van der Waals surface area contributed by atoms with E-state index in [0.717, 1.165) is 0 Å². The third-order valence-corrected chi connectivity index (χ3v) is 3.16. The van der Waals surface area contributed by atoms with Crippen molar-refractivity contribution >= 4 is 11.6 Å². The molecule has 1 fully saturated rings. The van der Waals surface area contributed by atoms with E-state index in [1.165, 1.54) is 13.3 Å². The van der Waals surface area contributed by atoms with Gasteiger partial charge in [-0.05, 0) is 0 Å². The normalized spacial score (nSPS) is 19.4. The fourth-order valence-electron chi connectivity index (χ4n) is 1.87. The number of methoxy groups -OCH3 is 1. The molecule has 0 bridgehead atoms. The van der Waals surface area contributed by atoms with Gasteiger partial charge in [-0.15, -0.1) is 0 Å². The van der Waals surface area contributed by atoms with Crippen molar-refractivity contribution in [1.82, 2.24) is 4.98 Å². The molecule has 4 nitrogen and oxygen atoms in total. The number of halogens is 1. The predicted molar refractivity (Wildman–Crippen MR) is 59.7 cm³/mol. The smallest absolute Gasteiger partial charge is 0.213 e. The molecule has 0 radical (unpaired) electrons. The number of hydrogen-bond donors (Lipinski definition) is 1. The lowest BCUT2D eigenvalue weighted by Gasteiger charge is -2.33. The van der Waals surface area contributed by atoms with Gasteiger partial charge in [-0.3, -0.25) is 0 Å². The van der Waals surface area contributed by atoms with Crippen molar-refractivity contribution in [3.05, 3.63) is 22.8 Å². The van der Waals surface area contributed by atoms with Gasteiger partial charge in [0.1, 0.15) is 0 Å². The molecule has 1 aliphatic heterocycles. The van der Waals surface area contributed by atoms with Gasteiger partial charge < -0.3 is 14.6 Å². The molecule has 0 saturated carbocycles. The number of nitrogens with zero attached hydrogens (tertiary/aromatic N) is 1. The quantitative estimate of drug-likeness (QED) is 0.860. The van der Waals surface area contributed by atoms with E-state index in [9.17, 15) is 5.11 Å². The third kappa shape index (κ3) is 2.14. The molecule has 0 unspecified atom stereocenters. The summed E-state index contributed by atoms with van der Waals surface area (Å²) in [5.41, 5.74) is -0.254. The van der Waals surface area contributed by atoms with Gasteiger partial charge in [0, 0.05) is 43.9 Å². The Kier molecular flexibility index (Phi) is 3.33. The van der Waals surface area contributed by atoms with Crippen LogP contribution in [0.5, 0.6) is 5.88 Å². The maximum atomic E-state index is 10.5. The average molecular weight is 244 g/mol. The van der Waals surface area contributed by atoms with E-state index in [-0.39, 0.29) is 0 Å². The highest BCUT2D eigenvalue weighted by Gasteiger charge is 2.34. The Morgan fingerprint density at radius 2 is 2.19 bits per heavy atom. The van der Waals surface area contributed by atoms with Gasteiger partial charge in [-0.25, -0.2) is 4.98 Å². The first-order valence-corrected chi connectivity index (χ1v) is 5.54. The van der Waals surface area contributed by atoms with Crippen LogP contribution < -0.4 is 4.74 Å². The molecular formula is C11H14ClNO3. The fraction of sp³-hybridized carbons (Fsp3) is 0.545. The van der Waals surface area contributed by atoms with Gasteiger partial charge in [0.15, 0.2) is 0 Å². The Morgan fingerprint density at radius 1 is 1.50 bits per heavy atom. The van der Waals surface area contributed by atoms with E-state index in [4.69, 9.17) is 21.1 Å². The molecule has 1 N–H and O–H groups in total. The Balaban J connectivity index is 2.37. The summed E-state index contributed by atoms with van der Waals surface area (Å²) >= 11 is 6.06. The molecule has 88 valence electrons. The first-order chi connectivity index (χ1) is 7.65. The van der Waals surface area contributed by atoms with Crippen LogP contribution in [0.15, 0.2) is 12.3 Å². The summed E-state index contributed by atoms with van der Waals surface area (Å²) in [7, 11) is 1.54. The predicted octanol–water partition coefficient (Wildman–Crippen LogP) is 1.74. The molecule has 1 aromatic heterocycles. The molecule has 0 amide bonds. The minimum Gasteiger partial charge on any atom is -0.481 e. The lowest BCUT2D eigenvalue weighted by Crippen LogP contribution is -2.33. The van der Waals surface area contributed by atoms with Crippen molar-refractivity contribution in [3.8, 4) is 5.88 Å². The van der Waals surface area contributed by atoms with Crippen LogP contribution in [0.1, 0.15) is 18.4 Å². The summed E-state index contributed by atoms with van der Waals surface area (Å²) in [6.45, 7) is 1.08. The van der Waals surface area contributed by atoms with Crippen LogP contribution >= 0.6 is 11.6 Å². The molecule has 0 aromatic carbocycles. The van der Waals surface area contributed by atoms with Crippen molar-refractivity contribution in [2.45, 2.75) is 18.4 Å². The number of pyridine rings is 1. The topological polar surface area (TPSA) is 51.6 Å². The van der Waals surface area contributed by atoms with Crippen molar-refractivity contribution in [2.75, 3.05) is 20.3 Å². The monoisotopic (exact) mass is 243 g/mol. The van der Waals surface area contributed by atoms with Crippen LogP contribution in [0, 0.1) is 0 Å². The van der Waals surface area contributed by atoms with Gasteiger partial charge in [0.05, 0.1) is 17.7 Å². The lowest BCUT2D eigenvalue weighted by molar-refractivity contribution is -0.0679. The SMILES string of the molecule is COc1cc(C2(O)CCOCC2)c(Cl)cn1. The minimum absolute atomic E-state index is 0.458. The van der Waals surface area contributed by atoms with E-state index in [2.05, 4.69) is 4.98 Å². The molecule has 0 atom stereocenters. The molecule has 16 heavy (non-hydrogen) atoms. The van der Waals surface area contributed by atoms with Gasteiger partial charge in [-0.2, -0.15) is 0 Å². The molecule has 0 aliphatic carbocycles. The first-order valence-electron chi connectivity index (χ1n) is 5.16. The van der Waals surface area contributed by atoms with Crippen LogP contribution in [-0.2, 0) is 10.3 Å². The highest BCUT2D eigenvalue weighted by atomic mass is 35.5. The Labute approximate surface area is 99.2 Å². The van der Waals surface area contributed by atoms with Gasteiger partial charge in [0.2, 0.25) is 5.88 Å². The zero-order chi connectivity index (χ0) is 11.6. The second-order valence-electron chi connectivity index (χ2n) is 3.85.